The fourth-order valence-electron chi connectivity index (χ4n) is 3.11. The maximum atomic E-state index is 13.1. The predicted octanol–water partition coefficient (Wildman–Crippen LogP) is 2.01. The van der Waals surface area contributed by atoms with Crippen molar-refractivity contribution < 1.29 is 13.5 Å². The molecule has 1 aliphatic rings. The number of β-amino-alcohol motifs (C(OH)–C–C–N with tert-alkyl or cyclic N) is 1. The van der Waals surface area contributed by atoms with Gasteiger partial charge < -0.3 is 5.11 Å². The Hall–Kier alpha value is -1.51. The summed E-state index contributed by atoms with van der Waals surface area (Å²) in [7, 11) is -3.58. The van der Waals surface area contributed by atoms with Crippen molar-refractivity contribution in [3.63, 3.8) is 0 Å². The number of halogens is 1. The molecule has 0 atom stereocenters. The molecule has 0 amide bonds. The van der Waals surface area contributed by atoms with Crippen LogP contribution in [-0.2, 0) is 10.0 Å². The lowest BCUT2D eigenvalue weighted by atomic mass is 10.1. The second kappa shape index (κ2) is 8.02. The Bertz CT molecular complexity index is 881. The molecule has 0 aliphatic carbocycles. The van der Waals surface area contributed by atoms with E-state index in [1.165, 1.54) is 4.31 Å². The van der Waals surface area contributed by atoms with E-state index in [1.807, 2.05) is 12.1 Å². The molecular weight excluding hydrogens is 374 g/mol. The summed E-state index contributed by atoms with van der Waals surface area (Å²) in [6.07, 6.45) is 1.60. The number of hydrogen-bond donors (Lipinski definition) is 1. The highest BCUT2D eigenvalue weighted by Crippen LogP contribution is 2.28. The minimum absolute atomic E-state index is 0.0857. The lowest BCUT2D eigenvalue weighted by Crippen LogP contribution is -2.49. The van der Waals surface area contributed by atoms with Crippen molar-refractivity contribution in [2.24, 2.45) is 0 Å². The van der Waals surface area contributed by atoms with Crippen molar-refractivity contribution in [1.29, 1.82) is 0 Å². The lowest BCUT2D eigenvalue weighted by Gasteiger charge is -2.33. The van der Waals surface area contributed by atoms with Gasteiger partial charge in [-0.05, 0) is 41.8 Å². The summed E-state index contributed by atoms with van der Waals surface area (Å²) in [6, 6.07) is 8.94. The Labute approximate surface area is 159 Å². The zero-order valence-corrected chi connectivity index (χ0v) is 16.2. The molecule has 0 radical (unpaired) electrons. The van der Waals surface area contributed by atoms with Crippen LogP contribution in [0.25, 0.3) is 11.1 Å². The van der Waals surface area contributed by atoms with Crippen molar-refractivity contribution in [3.8, 4) is 11.1 Å². The Morgan fingerprint density at radius 2 is 1.81 bits per heavy atom. The van der Waals surface area contributed by atoms with Gasteiger partial charge in [0.05, 0.1) is 11.5 Å². The highest BCUT2D eigenvalue weighted by atomic mass is 35.5. The maximum Gasteiger partial charge on any atom is 0.243 e. The molecule has 140 valence electrons. The first kappa shape index (κ1) is 19.3. The number of aliphatic hydroxyl groups is 1. The first-order valence-corrected chi connectivity index (χ1v) is 10.3. The summed E-state index contributed by atoms with van der Waals surface area (Å²) in [5.41, 5.74) is 2.33. The third-order valence-electron chi connectivity index (χ3n) is 4.61. The van der Waals surface area contributed by atoms with Crippen LogP contribution in [0.15, 0.2) is 41.4 Å². The lowest BCUT2D eigenvalue weighted by molar-refractivity contribution is 0.151. The van der Waals surface area contributed by atoms with E-state index in [0.717, 1.165) is 11.1 Å². The normalized spacial score (nSPS) is 16.7. The minimum atomic E-state index is -3.58. The van der Waals surface area contributed by atoms with Crippen LogP contribution in [0.5, 0.6) is 0 Å². The molecule has 1 saturated heterocycles. The highest BCUT2D eigenvalue weighted by molar-refractivity contribution is 7.89. The fraction of sp³-hybridized carbons (Fsp3) is 0.389. The average molecular weight is 396 g/mol. The first-order valence-electron chi connectivity index (χ1n) is 8.48. The van der Waals surface area contributed by atoms with Crippen LogP contribution < -0.4 is 0 Å². The van der Waals surface area contributed by atoms with Crippen molar-refractivity contribution in [2.45, 2.75) is 11.8 Å². The van der Waals surface area contributed by atoms with Gasteiger partial charge in [-0.15, -0.1) is 0 Å². The van der Waals surface area contributed by atoms with E-state index in [9.17, 15) is 8.42 Å². The molecule has 1 aliphatic heterocycles. The number of rotatable bonds is 5. The SMILES string of the molecule is Cc1ccc(-c2ccnc(Cl)c2)cc1S(=O)(=O)N1CCN(CCO)CC1. The van der Waals surface area contributed by atoms with E-state index in [0.29, 0.717) is 48.3 Å². The van der Waals surface area contributed by atoms with Crippen molar-refractivity contribution in [2.75, 3.05) is 39.3 Å². The smallest absolute Gasteiger partial charge is 0.243 e. The largest absolute Gasteiger partial charge is 0.395 e. The van der Waals surface area contributed by atoms with E-state index in [4.69, 9.17) is 16.7 Å². The number of aromatic nitrogens is 1. The summed E-state index contributed by atoms with van der Waals surface area (Å²) in [5.74, 6) is 0. The number of sulfonamides is 1. The topological polar surface area (TPSA) is 73.7 Å². The molecule has 1 aromatic heterocycles. The molecule has 0 unspecified atom stereocenters. The van der Waals surface area contributed by atoms with Crippen LogP contribution in [0.3, 0.4) is 0 Å². The van der Waals surface area contributed by atoms with Gasteiger partial charge >= 0.3 is 0 Å². The van der Waals surface area contributed by atoms with Gasteiger partial charge in [-0.1, -0.05) is 23.7 Å². The number of aryl methyl sites for hydroxylation is 1. The molecule has 26 heavy (non-hydrogen) atoms. The van der Waals surface area contributed by atoms with Crippen molar-refractivity contribution >= 4 is 21.6 Å². The van der Waals surface area contributed by atoms with Crippen molar-refractivity contribution in [3.05, 3.63) is 47.2 Å². The van der Waals surface area contributed by atoms with Crippen LogP contribution in [0.1, 0.15) is 5.56 Å². The van der Waals surface area contributed by atoms with Crippen LogP contribution in [0, 0.1) is 6.92 Å². The number of hydrogen-bond acceptors (Lipinski definition) is 5. The number of nitrogens with zero attached hydrogens (tertiary/aromatic N) is 3. The molecule has 6 nitrogen and oxygen atoms in total. The van der Waals surface area contributed by atoms with Crippen LogP contribution >= 0.6 is 11.6 Å². The monoisotopic (exact) mass is 395 g/mol. The molecule has 0 spiro atoms. The van der Waals surface area contributed by atoms with Crippen LogP contribution in [0.4, 0.5) is 0 Å². The van der Waals surface area contributed by atoms with Gasteiger partial charge in [0.1, 0.15) is 5.15 Å². The quantitative estimate of drug-likeness (QED) is 0.784. The summed E-state index contributed by atoms with van der Waals surface area (Å²) in [6.45, 7) is 4.56. The summed E-state index contributed by atoms with van der Waals surface area (Å²) < 4.78 is 27.8. The predicted molar refractivity (Wildman–Crippen MR) is 102 cm³/mol. The van der Waals surface area contributed by atoms with E-state index >= 15 is 0 Å². The van der Waals surface area contributed by atoms with Gasteiger partial charge in [-0.25, -0.2) is 13.4 Å². The molecule has 2 heterocycles. The molecule has 3 rings (SSSR count). The van der Waals surface area contributed by atoms with E-state index in [-0.39, 0.29) is 6.61 Å². The maximum absolute atomic E-state index is 13.1. The molecule has 0 bridgehead atoms. The van der Waals surface area contributed by atoms with Gasteiger partial charge in [0.15, 0.2) is 0 Å². The second-order valence-corrected chi connectivity index (χ2v) is 8.61. The Morgan fingerprint density at radius 1 is 1.12 bits per heavy atom. The Balaban J connectivity index is 1.89. The van der Waals surface area contributed by atoms with E-state index < -0.39 is 10.0 Å². The van der Waals surface area contributed by atoms with Crippen molar-refractivity contribution in [1.82, 2.24) is 14.2 Å². The Morgan fingerprint density at radius 3 is 2.46 bits per heavy atom. The molecule has 0 saturated carbocycles. The third-order valence-corrected chi connectivity index (χ3v) is 6.86. The molecule has 1 N–H and O–H groups in total. The van der Waals surface area contributed by atoms with E-state index in [2.05, 4.69) is 9.88 Å². The fourth-order valence-corrected chi connectivity index (χ4v) is 4.96. The number of pyridine rings is 1. The number of piperazine rings is 1. The first-order chi connectivity index (χ1) is 12.4. The number of benzene rings is 1. The van der Waals surface area contributed by atoms with Gasteiger partial charge in [0.2, 0.25) is 10.0 Å². The van der Waals surface area contributed by atoms with Gasteiger partial charge in [0.25, 0.3) is 0 Å². The Kier molecular flexibility index (Phi) is 5.94. The standard InChI is InChI=1S/C18H22ClN3O3S/c1-14-2-3-15(16-4-5-20-18(19)13-16)12-17(14)26(24,25)22-8-6-21(7-9-22)10-11-23/h2-5,12-13,23H,6-11H2,1H3. The summed E-state index contributed by atoms with van der Waals surface area (Å²) in [4.78, 5) is 6.35. The van der Waals surface area contributed by atoms with Gasteiger partial charge in [-0.3, -0.25) is 4.90 Å². The van der Waals surface area contributed by atoms with E-state index in [1.54, 1.807) is 31.3 Å². The van der Waals surface area contributed by atoms with Gasteiger partial charge in [0, 0.05) is 38.9 Å². The summed E-state index contributed by atoms with van der Waals surface area (Å²) >= 11 is 5.96. The zero-order valence-electron chi connectivity index (χ0n) is 14.6. The van der Waals surface area contributed by atoms with Crippen LogP contribution in [-0.4, -0.2) is 67.0 Å². The molecule has 8 heteroatoms. The molecular formula is C18H22ClN3O3S. The highest BCUT2D eigenvalue weighted by Gasteiger charge is 2.29. The molecule has 1 aromatic carbocycles. The zero-order chi connectivity index (χ0) is 18.7. The second-order valence-electron chi connectivity index (χ2n) is 6.32. The molecule has 1 fully saturated rings. The third kappa shape index (κ3) is 4.07. The summed E-state index contributed by atoms with van der Waals surface area (Å²) in [5, 5.41) is 9.40. The number of aliphatic hydroxyl groups excluding tert-OH is 1. The molecule has 2 aromatic rings. The average Bonchev–Trinajstić information content (AvgIpc) is 2.63. The van der Waals surface area contributed by atoms with Gasteiger partial charge in [-0.2, -0.15) is 4.31 Å². The van der Waals surface area contributed by atoms with Crippen LogP contribution in [0.2, 0.25) is 5.15 Å². The minimum Gasteiger partial charge on any atom is -0.395 e.